The summed E-state index contributed by atoms with van der Waals surface area (Å²) in [4.78, 5) is 41.6. The van der Waals surface area contributed by atoms with Gasteiger partial charge in [0, 0.05) is 17.0 Å². The van der Waals surface area contributed by atoms with E-state index in [1.807, 2.05) is 13.8 Å². The molecule has 0 aliphatic carbocycles. The van der Waals surface area contributed by atoms with Crippen molar-refractivity contribution in [1.82, 2.24) is 4.98 Å². The Morgan fingerprint density at radius 2 is 1.69 bits per heavy atom. The Morgan fingerprint density at radius 3 is 2.34 bits per heavy atom. The van der Waals surface area contributed by atoms with Gasteiger partial charge in [0.2, 0.25) is 5.76 Å². The molecule has 0 saturated carbocycles. The molecule has 2 aromatic heterocycles. The molecule has 29 heavy (non-hydrogen) atoms. The SMILES string of the molecule is CCCc1c2nc(C(=O)OCC)cc(C)c2cc2c(=O)cc(C(=O)OCC)oc12. The molecule has 0 saturated heterocycles. The number of rotatable bonds is 6. The number of fused-ring (bicyclic) bond motifs is 2. The summed E-state index contributed by atoms with van der Waals surface area (Å²) in [6.07, 6.45) is 1.31. The van der Waals surface area contributed by atoms with Crippen LogP contribution in [-0.4, -0.2) is 30.1 Å². The van der Waals surface area contributed by atoms with Crippen LogP contribution in [0, 0.1) is 6.92 Å². The van der Waals surface area contributed by atoms with Crippen molar-refractivity contribution in [3.8, 4) is 0 Å². The van der Waals surface area contributed by atoms with E-state index in [0.717, 1.165) is 23.4 Å². The van der Waals surface area contributed by atoms with E-state index in [0.29, 0.717) is 28.5 Å². The van der Waals surface area contributed by atoms with E-state index in [1.54, 1.807) is 26.0 Å². The molecule has 0 amide bonds. The number of esters is 2. The zero-order valence-corrected chi connectivity index (χ0v) is 17.0. The minimum atomic E-state index is -0.696. The zero-order valence-electron chi connectivity index (χ0n) is 17.0. The van der Waals surface area contributed by atoms with E-state index in [1.165, 1.54) is 0 Å². The second-order valence-corrected chi connectivity index (χ2v) is 6.62. The van der Waals surface area contributed by atoms with E-state index in [-0.39, 0.29) is 30.1 Å². The zero-order chi connectivity index (χ0) is 21.1. The summed E-state index contributed by atoms with van der Waals surface area (Å²) < 4.78 is 15.9. The molecule has 0 bridgehead atoms. The molecule has 0 atom stereocenters. The number of nitrogens with zero attached hydrogens (tertiary/aromatic N) is 1. The minimum absolute atomic E-state index is 0.153. The van der Waals surface area contributed by atoms with Crippen LogP contribution in [0.5, 0.6) is 0 Å². The third kappa shape index (κ3) is 3.85. The monoisotopic (exact) mass is 397 g/mol. The number of hydrogen-bond donors (Lipinski definition) is 0. The number of aromatic nitrogens is 1. The number of aryl methyl sites for hydroxylation is 2. The largest absolute Gasteiger partial charge is 0.461 e. The Hall–Kier alpha value is -3.22. The van der Waals surface area contributed by atoms with E-state index in [9.17, 15) is 14.4 Å². The van der Waals surface area contributed by atoms with Gasteiger partial charge in [-0.1, -0.05) is 13.3 Å². The van der Waals surface area contributed by atoms with E-state index in [4.69, 9.17) is 13.9 Å². The Bertz CT molecular complexity index is 1160. The van der Waals surface area contributed by atoms with Gasteiger partial charge in [0.25, 0.3) is 0 Å². The summed E-state index contributed by atoms with van der Waals surface area (Å²) in [6.45, 7) is 7.66. The molecule has 0 radical (unpaired) electrons. The van der Waals surface area contributed by atoms with Crippen LogP contribution < -0.4 is 5.43 Å². The lowest BCUT2D eigenvalue weighted by Crippen LogP contribution is -2.12. The second kappa shape index (κ2) is 8.43. The number of hydrogen-bond acceptors (Lipinski definition) is 7. The average Bonchev–Trinajstić information content (AvgIpc) is 2.69. The first-order chi connectivity index (χ1) is 13.9. The van der Waals surface area contributed by atoms with Gasteiger partial charge in [-0.2, -0.15) is 0 Å². The number of pyridine rings is 1. The van der Waals surface area contributed by atoms with Gasteiger partial charge in [-0.25, -0.2) is 14.6 Å². The summed E-state index contributed by atoms with van der Waals surface area (Å²) in [7, 11) is 0. The lowest BCUT2D eigenvalue weighted by molar-refractivity contribution is 0.0488. The number of carbonyl (C=O) groups is 2. The van der Waals surface area contributed by atoms with Gasteiger partial charge in [0.05, 0.1) is 24.1 Å². The van der Waals surface area contributed by atoms with Crippen molar-refractivity contribution < 1.29 is 23.5 Å². The molecular formula is C22H23NO6. The predicted octanol–water partition coefficient (Wildman–Crippen LogP) is 3.96. The first-order valence-corrected chi connectivity index (χ1v) is 9.66. The summed E-state index contributed by atoms with van der Waals surface area (Å²) in [6, 6.07) is 4.50. The minimum Gasteiger partial charge on any atom is -0.461 e. The Kier molecular flexibility index (Phi) is 5.96. The van der Waals surface area contributed by atoms with E-state index in [2.05, 4.69) is 4.98 Å². The highest BCUT2D eigenvalue weighted by Crippen LogP contribution is 2.30. The van der Waals surface area contributed by atoms with Gasteiger partial charge in [-0.3, -0.25) is 4.79 Å². The van der Waals surface area contributed by atoms with Gasteiger partial charge in [0.15, 0.2) is 5.43 Å². The van der Waals surface area contributed by atoms with Crippen LogP contribution in [-0.2, 0) is 15.9 Å². The fraction of sp³-hybridized carbons (Fsp3) is 0.364. The average molecular weight is 397 g/mol. The molecule has 152 valence electrons. The van der Waals surface area contributed by atoms with Crippen molar-refractivity contribution in [2.75, 3.05) is 13.2 Å². The maximum atomic E-state index is 12.7. The maximum absolute atomic E-state index is 12.7. The lowest BCUT2D eigenvalue weighted by Gasteiger charge is -2.13. The van der Waals surface area contributed by atoms with Crippen molar-refractivity contribution >= 4 is 33.8 Å². The van der Waals surface area contributed by atoms with E-state index < -0.39 is 11.9 Å². The molecule has 0 spiro atoms. The third-order valence-electron chi connectivity index (χ3n) is 4.56. The normalized spacial score (nSPS) is 11.0. The Morgan fingerprint density at radius 1 is 1.00 bits per heavy atom. The van der Waals surface area contributed by atoms with Gasteiger partial charge >= 0.3 is 11.9 Å². The van der Waals surface area contributed by atoms with Crippen LogP contribution in [0.2, 0.25) is 0 Å². The van der Waals surface area contributed by atoms with Crippen molar-refractivity contribution in [3.05, 3.63) is 51.0 Å². The molecule has 3 aromatic rings. The molecule has 3 rings (SSSR count). The van der Waals surface area contributed by atoms with Gasteiger partial charge in [-0.15, -0.1) is 0 Å². The number of benzene rings is 1. The molecule has 0 N–H and O–H groups in total. The van der Waals surface area contributed by atoms with Crippen LogP contribution in [0.25, 0.3) is 21.9 Å². The highest BCUT2D eigenvalue weighted by Gasteiger charge is 2.20. The number of ether oxygens (including phenoxy) is 2. The summed E-state index contributed by atoms with van der Waals surface area (Å²) >= 11 is 0. The van der Waals surface area contributed by atoms with Gasteiger partial charge in [0.1, 0.15) is 11.3 Å². The van der Waals surface area contributed by atoms with Crippen LogP contribution in [0.1, 0.15) is 59.4 Å². The maximum Gasteiger partial charge on any atom is 0.374 e. The molecule has 0 unspecified atom stereocenters. The highest BCUT2D eigenvalue weighted by molar-refractivity contribution is 6.02. The Labute approximate surface area is 167 Å². The summed E-state index contributed by atoms with van der Waals surface area (Å²) in [5.41, 5.74) is 2.19. The summed E-state index contributed by atoms with van der Waals surface area (Å²) in [5, 5.41) is 1.12. The fourth-order valence-corrected chi connectivity index (χ4v) is 3.30. The van der Waals surface area contributed by atoms with Crippen molar-refractivity contribution in [3.63, 3.8) is 0 Å². The molecule has 2 heterocycles. The molecule has 1 aromatic carbocycles. The van der Waals surface area contributed by atoms with Crippen molar-refractivity contribution in [2.45, 2.75) is 40.5 Å². The third-order valence-corrected chi connectivity index (χ3v) is 4.56. The quantitative estimate of drug-likeness (QED) is 0.459. The highest BCUT2D eigenvalue weighted by atomic mass is 16.5. The molecule has 7 heteroatoms. The fourth-order valence-electron chi connectivity index (χ4n) is 3.30. The van der Waals surface area contributed by atoms with Crippen LogP contribution in [0.15, 0.2) is 27.4 Å². The van der Waals surface area contributed by atoms with Crippen molar-refractivity contribution in [2.24, 2.45) is 0 Å². The summed E-state index contributed by atoms with van der Waals surface area (Å²) in [5.74, 6) is -1.36. The Balaban J connectivity index is 2.38. The van der Waals surface area contributed by atoms with Gasteiger partial charge < -0.3 is 13.9 Å². The van der Waals surface area contributed by atoms with Gasteiger partial charge in [-0.05, 0) is 44.9 Å². The smallest absolute Gasteiger partial charge is 0.374 e. The first-order valence-electron chi connectivity index (χ1n) is 9.66. The molecule has 0 fully saturated rings. The lowest BCUT2D eigenvalue weighted by atomic mass is 9.98. The number of carbonyl (C=O) groups excluding carboxylic acids is 2. The second-order valence-electron chi connectivity index (χ2n) is 6.62. The standard InChI is InChI=1S/C22H23NO6/c1-5-8-13-19-14(12(4)9-16(23-19)21(25)27-6-2)10-15-17(24)11-18(29-20(13)15)22(26)28-7-3/h9-11H,5-8H2,1-4H3. The first kappa shape index (κ1) is 20.5. The van der Waals surface area contributed by atoms with Crippen LogP contribution >= 0.6 is 0 Å². The predicted molar refractivity (Wildman–Crippen MR) is 108 cm³/mol. The topological polar surface area (TPSA) is 95.7 Å². The molecular weight excluding hydrogens is 374 g/mol. The molecule has 0 aliphatic heterocycles. The van der Waals surface area contributed by atoms with Crippen molar-refractivity contribution in [1.29, 1.82) is 0 Å². The molecule has 7 nitrogen and oxygen atoms in total. The van der Waals surface area contributed by atoms with Crippen LogP contribution in [0.3, 0.4) is 0 Å². The van der Waals surface area contributed by atoms with E-state index >= 15 is 0 Å². The molecule has 0 aliphatic rings. The van der Waals surface area contributed by atoms with Crippen LogP contribution in [0.4, 0.5) is 0 Å².